The smallest absolute Gasteiger partial charge is 0.381 e. The summed E-state index contributed by atoms with van der Waals surface area (Å²) in [5, 5.41) is 8.97. The van der Waals surface area contributed by atoms with Crippen molar-refractivity contribution in [1.82, 2.24) is 20.1 Å². The molecule has 0 radical (unpaired) electrons. The molecule has 0 aliphatic carbocycles. The number of thiazole rings is 1. The van der Waals surface area contributed by atoms with Crippen LogP contribution >= 0.6 is 11.3 Å². The molecule has 3 aromatic rings. The number of rotatable bonds is 7. The van der Waals surface area contributed by atoms with Crippen molar-refractivity contribution in [3.8, 4) is 21.8 Å². The minimum absolute atomic E-state index is 0.0717. The summed E-state index contributed by atoms with van der Waals surface area (Å²) in [4.78, 5) is 16.8. The fraction of sp³-hybridized carbons (Fsp3) is 0.409. The molecule has 1 aliphatic heterocycles. The van der Waals surface area contributed by atoms with Gasteiger partial charge < -0.3 is 10.1 Å². The Kier molecular flexibility index (Phi) is 7.08. The molecule has 0 spiro atoms. The number of carbonyl (C=O) groups excluding carboxylic acids is 1. The van der Waals surface area contributed by atoms with Crippen LogP contribution in [-0.2, 0) is 22.5 Å². The fourth-order valence-electron chi connectivity index (χ4n) is 3.69. The van der Waals surface area contributed by atoms with Crippen molar-refractivity contribution in [2.45, 2.75) is 32.0 Å². The van der Waals surface area contributed by atoms with E-state index >= 15 is 0 Å². The highest BCUT2D eigenvalue weighted by molar-refractivity contribution is 7.13. The first-order chi connectivity index (χ1) is 15.8. The highest BCUT2D eigenvalue weighted by atomic mass is 32.1. The second-order valence-corrected chi connectivity index (χ2v) is 8.73. The van der Waals surface area contributed by atoms with Gasteiger partial charge in [-0.25, -0.2) is 9.37 Å². The van der Waals surface area contributed by atoms with E-state index in [0.29, 0.717) is 47.5 Å². The molecule has 1 N–H and O–H groups in total. The third-order valence-electron chi connectivity index (χ3n) is 5.34. The Labute approximate surface area is 191 Å². The predicted molar refractivity (Wildman–Crippen MR) is 115 cm³/mol. The number of halogens is 4. The van der Waals surface area contributed by atoms with Gasteiger partial charge >= 0.3 is 6.18 Å². The second kappa shape index (κ2) is 10.0. The van der Waals surface area contributed by atoms with Crippen LogP contribution in [0.3, 0.4) is 0 Å². The number of nitrogens with one attached hydrogen (secondary N) is 1. The van der Waals surface area contributed by atoms with Crippen molar-refractivity contribution in [3.63, 3.8) is 0 Å². The van der Waals surface area contributed by atoms with Crippen molar-refractivity contribution in [1.29, 1.82) is 0 Å². The molecule has 1 saturated heterocycles. The lowest BCUT2D eigenvalue weighted by atomic mass is 10.0. The van der Waals surface area contributed by atoms with E-state index in [1.165, 1.54) is 41.8 Å². The predicted octanol–water partition coefficient (Wildman–Crippen LogP) is 4.46. The van der Waals surface area contributed by atoms with Crippen molar-refractivity contribution in [2.75, 3.05) is 19.8 Å². The van der Waals surface area contributed by atoms with Gasteiger partial charge in [-0.15, -0.1) is 11.3 Å². The van der Waals surface area contributed by atoms with Crippen LogP contribution in [0.5, 0.6) is 0 Å². The van der Waals surface area contributed by atoms with Gasteiger partial charge in [0.25, 0.3) is 0 Å². The van der Waals surface area contributed by atoms with Crippen molar-refractivity contribution in [2.24, 2.45) is 5.92 Å². The molecule has 0 bridgehead atoms. The summed E-state index contributed by atoms with van der Waals surface area (Å²) >= 11 is 1.22. The van der Waals surface area contributed by atoms with Crippen LogP contribution in [0.2, 0.25) is 0 Å². The zero-order valence-electron chi connectivity index (χ0n) is 17.6. The molecule has 0 unspecified atom stereocenters. The van der Waals surface area contributed by atoms with Crippen LogP contribution in [0.1, 0.15) is 18.5 Å². The summed E-state index contributed by atoms with van der Waals surface area (Å²) in [5.74, 6) is -0.262. The zero-order chi connectivity index (χ0) is 23.4. The van der Waals surface area contributed by atoms with Crippen molar-refractivity contribution in [3.05, 3.63) is 47.4 Å². The van der Waals surface area contributed by atoms with E-state index in [1.54, 1.807) is 5.38 Å². The molecule has 1 fully saturated rings. The number of alkyl halides is 3. The summed E-state index contributed by atoms with van der Waals surface area (Å²) in [6, 6.07) is 5.17. The third-order valence-corrected chi connectivity index (χ3v) is 6.26. The van der Waals surface area contributed by atoms with E-state index in [-0.39, 0.29) is 18.0 Å². The number of hydrogen-bond donors (Lipinski definition) is 1. The molecular formula is C22H22F4N4O2S. The zero-order valence-corrected chi connectivity index (χ0v) is 18.4. The molecule has 6 nitrogen and oxygen atoms in total. The Hall–Kier alpha value is -2.79. The molecule has 33 heavy (non-hydrogen) atoms. The van der Waals surface area contributed by atoms with Crippen LogP contribution < -0.4 is 5.32 Å². The first-order valence-corrected chi connectivity index (χ1v) is 11.3. The van der Waals surface area contributed by atoms with Crippen LogP contribution in [0.4, 0.5) is 17.6 Å². The molecule has 3 heterocycles. The van der Waals surface area contributed by atoms with Gasteiger partial charge in [0.1, 0.15) is 17.4 Å². The van der Waals surface area contributed by atoms with E-state index < -0.39 is 18.5 Å². The molecule has 176 valence electrons. The van der Waals surface area contributed by atoms with E-state index in [0.717, 1.165) is 17.5 Å². The van der Waals surface area contributed by atoms with Gasteiger partial charge in [0.2, 0.25) is 5.91 Å². The molecule has 1 aliphatic rings. The van der Waals surface area contributed by atoms with Crippen LogP contribution in [0.15, 0.2) is 35.8 Å². The van der Waals surface area contributed by atoms with Crippen molar-refractivity contribution >= 4 is 17.2 Å². The summed E-state index contributed by atoms with van der Waals surface area (Å²) in [6.45, 7) is 0.702. The normalized spacial score (nSPS) is 15.0. The minimum atomic E-state index is -4.48. The Morgan fingerprint density at radius 3 is 2.64 bits per heavy atom. The van der Waals surface area contributed by atoms with Crippen LogP contribution in [0.25, 0.3) is 21.8 Å². The quantitative estimate of drug-likeness (QED) is 0.505. The Morgan fingerprint density at radius 1 is 1.21 bits per heavy atom. The molecule has 4 rings (SSSR count). The standard InChI is InChI=1S/C22H22F4N4O2S/c23-16-3-1-15(2-4-16)20-18(11-28-30(20)13-22(24,25)26)21-29-17(12-33-21)9-19(31)27-10-14-5-7-32-8-6-14/h1-4,11-12,14H,5-10,13H2,(H,27,31). The Balaban J connectivity index is 1.52. The maximum Gasteiger partial charge on any atom is 0.408 e. The van der Waals surface area contributed by atoms with E-state index in [1.807, 2.05) is 0 Å². The third kappa shape index (κ3) is 6.17. The molecule has 1 aromatic carbocycles. The summed E-state index contributed by atoms with van der Waals surface area (Å²) in [6.07, 6.45) is -1.26. The molecule has 0 saturated carbocycles. The fourth-order valence-corrected chi connectivity index (χ4v) is 4.52. The Morgan fingerprint density at radius 2 is 1.94 bits per heavy atom. The number of aromatic nitrogens is 3. The van der Waals surface area contributed by atoms with E-state index in [9.17, 15) is 22.4 Å². The highest BCUT2D eigenvalue weighted by Crippen LogP contribution is 2.35. The average Bonchev–Trinajstić information content (AvgIpc) is 3.39. The van der Waals surface area contributed by atoms with Gasteiger partial charge in [-0.3, -0.25) is 9.48 Å². The van der Waals surface area contributed by atoms with E-state index in [4.69, 9.17) is 4.74 Å². The molecular weight excluding hydrogens is 460 g/mol. The number of hydrogen-bond acceptors (Lipinski definition) is 5. The molecule has 2 aromatic heterocycles. The summed E-state index contributed by atoms with van der Waals surface area (Å²) in [7, 11) is 0. The molecule has 0 atom stereocenters. The SMILES string of the molecule is O=C(Cc1csc(-c2cnn(CC(F)(F)F)c2-c2ccc(F)cc2)n1)NCC1CCOCC1. The first kappa shape index (κ1) is 23.4. The van der Waals surface area contributed by atoms with E-state index in [2.05, 4.69) is 15.4 Å². The van der Waals surface area contributed by atoms with Crippen LogP contribution in [-0.4, -0.2) is 46.6 Å². The largest absolute Gasteiger partial charge is 0.408 e. The summed E-state index contributed by atoms with van der Waals surface area (Å²) < 4.78 is 58.8. The van der Waals surface area contributed by atoms with Gasteiger partial charge in [0.05, 0.1) is 29.6 Å². The number of carbonyl (C=O) groups is 1. The average molecular weight is 483 g/mol. The second-order valence-electron chi connectivity index (χ2n) is 7.87. The van der Waals surface area contributed by atoms with Crippen LogP contribution in [0, 0.1) is 11.7 Å². The van der Waals surface area contributed by atoms with Gasteiger partial charge in [0, 0.05) is 30.7 Å². The lowest BCUT2D eigenvalue weighted by molar-refractivity contribution is -0.142. The maximum atomic E-state index is 13.4. The van der Waals surface area contributed by atoms with Gasteiger partial charge in [-0.1, -0.05) is 0 Å². The number of benzene rings is 1. The minimum Gasteiger partial charge on any atom is -0.381 e. The topological polar surface area (TPSA) is 69.0 Å². The number of amides is 1. The molecule has 1 amide bonds. The van der Waals surface area contributed by atoms with Gasteiger partial charge in [-0.2, -0.15) is 18.3 Å². The molecule has 11 heteroatoms. The first-order valence-electron chi connectivity index (χ1n) is 10.5. The number of nitrogens with zero attached hydrogens (tertiary/aromatic N) is 3. The highest BCUT2D eigenvalue weighted by Gasteiger charge is 2.31. The van der Waals surface area contributed by atoms with Crippen molar-refractivity contribution < 1.29 is 27.1 Å². The number of ether oxygens (including phenoxy) is 1. The Bertz CT molecular complexity index is 1090. The lowest BCUT2D eigenvalue weighted by Crippen LogP contribution is -2.33. The monoisotopic (exact) mass is 482 g/mol. The van der Waals surface area contributed by atoms with Gasteiger partial charge in [0.15, 0.2) is 0 Å². The maximum absolute atomic E-state index is 13.4. The van der Waals surface area contributed by atoms with Gasteiger partial charge in [-0.05, 0) is 43.0 Å². The lowest BCUT2D eigenvalue weighted by Gasteiger charge is -2.22. The summed E-state index contributed by atoms with van der Waals surface area (Å²) in [5.41, 5.74) is 1.49.